The topological polar surface area (TPSA) is 31.4 Å². The molecule has 0 aliphatic carbocycles. The van der Waals surface area contributed by atoms with Crippen LogP contribution >= 0.6 is 0 Å². The van der Waals surface area contributed by atoms with Gasteiger partial charge in [0, 0.05) is 38.4 Å². The average Bonchev–Trinajstić information content (AvgIpc) is 2.50. The maximum atomic E-state index is 4.81. The summed E-state index contributed by atoms with van der Waals surface area (Å²) in [5, 5.41) is 3.45. The van der Waals surface area contributed by atoms with Crippen molar-refractivity contribution in [3.05, 3.63) is 23.4 Å². The van der Waals surface area contributed by atoms with E-state index < -0.39 is 0 Å². The molecule has 1 aromatic rings. The van der Waals surface area contributed by atoms with Crippen molar-refractivity contribution in [2.24, 2.45) is 0 Å². The van der Waals surface area contributed by atoms with Crippen molar-refractivity contribution in [3.63, 3.8) is 0 Å². The van der Waals surface area contributed by atoms with Gasteiger partial charge in [-0.1, -0.05) is 19.9 Å². The van der Waals surface area contributed by atoms with E-state index in [0.29, 0.717) is 0 Å². The number of hydrogen-bond donors (Lipinski definition) is 1. The molecule has 0 spiro atoms. The van der Waals surface area contributed by atoms with E-state index in [4.69, 9.17) is 4.98 Å². The quantitative estimate of drug-likeness (QED) is 0.782. The molecular formula is C17H30N4. The standard InChI is InChI=1S/C17H30N4/c1-4-8-18-14-16-6-7-17(19-15(16)3)21-12-10-20(9-5-2)11-13-21/h6-7,18H,4-5,8-14H2,1-3H3. The van der Waals surface area contributed by atoms with Crippen molar-refractivity contribution in [2.75, 3.05) is 44.2 Å². The van der Waals surface area contributed by atoms with Crippen molar-refractivity contribution in [1.82, 2.24) is 15.2 Å². The molecule has 2 rings (SSSR count). The van der Waals surface area contributed by atoms with Crippen LogP contribution in [0.5, 0.6) is 0 Å². The average molecular weight is 290 g/mol. The van der Waals surface area contributed by atoms with Gasteiger partial charge in [0.15, 0.2) is 0 Å². The van der Waals surface area contributed by atoms with Crippen LogP contribution in [-0.2, 0) is 6.54 Å². The zero-order valence-corrected chi connectivity index (χ0v) is 13.9. The molecule has 118 valence electrons. The van der Waals surface area contributed by atoms with Crippen LogP contribution in [0.25, 0.3) is 0 Å². The molecule has 0 bridgehead atoms. The van der Waals surface area contributed by atoms with E-state index in [9.17, 15) is 0 Å². The molecule has 1 aliphatic rings. The van der Waals surface area contributed by atoms with Gasteiger partial charge in [0.1, 0.15) is 5.82 Å². The molecule has 0 atom stereocenters. The Labute approximate surface area is 129 Å². The summed E-state index contributed by atoms with van der Waals surface area (Å²) in [6.07, 6.45) is 2.42. The Hall–Kier alpha value is -1.13. The molecule has 1 saturated heterocycles. The first-order valence-electron chi connectivity index (χ1n) is 8.39. The molecule has 1 N–H and O–H groups in total. The van der Waals surface area contributed by atoms with E-state index in [1.54, 1.807) is 0 Å². The molecule has 0 radical (unpaired) electrons. The van der Waals surface area contributed by atoms with Gasteiger partial charge in [-0.2, -0.15) is 0 Å². The molecule has 4 nitrogen and oxygen atoms in total. The number of aryl methyl sites for hydroxylation is 1. The SMILES string of the molecule is CCCNCc1ccc(N2CCN(CCC)CC2)nc1C. The van der Waals surface area contributed by atoms with Gasteiger partial charge < -0.3 is 10.2 Å². The van der Waals surface area contributed by atoms with Gasteiger partial charge in [-0.15, -0.1) is 0 Å². The van der Waals surface area contributed by atoms with Crippen LogP contribution in [0.15, 0.2) is 12.1 Å². The number of nitrogens with zero attached hydrogens (tertiary/aromatic N) is 3. The Balaban J connectivity index is 1.91. The summed E-state index contributed by atoms with van der Waals surface area (Å²) in [7, 11) is 0. The number of anilines is 1. The number of aromatic nitrogens is 1. The first-order chi connectivity index (χ1) is 10.2. The van der Waals surface area contributed by atoms with Crippen molar-refractivity contribution < 1.29 is 0 Å². The van der Waals surface area contributed by atoms with Crippen LogP contribution < -0.4 is 10.2 Å². The Bertz CT molecular complexity index is 425. The Morgan fingerprint density at radius 3 is 2.48 bits per heavy atom. The minimum atomic E-state index is 0.928. The number of nitrogens with one attached hydrogen (secondary N) is 1. The van der Waals surface area contributed by atoms with Gasteiger partial charge in [-0.25, -0.2) is 4.98 Å². The highest BCUT2D eigenvalue weighted by molar-refractivity contribution is 5.42. The zero-order chi connectivity index (χ0) is 15.1. The van der Waals surface area contributed by atoms with Crippen LogP contribution in [0.1, 0.15) is 37.9 Å². The minimum absolute atomic E-state index is 0.928. The summed E-state index contributed by atoms with van der Waals surface area (Å²) in [4.78, 5) is 9.78. The van der Waals surface area contributed by atoms with Crippen LogP contribution in [0, 0.1) is 6.92 Å². The highest BCUT2D eigenvalue weighted by Crippen LogP contribution is 2.17. The molecule has 0 amide bonds. The number of hydrogen-bond acceptors (Lipinski definition) is 4. The molecule has 21 heavy (non-hydrogen) atoms. The van der Waals surface area contributed by atoms with Gasteiger partial charge in [-0.3, -0.25) is 4.90 Å². The minimum Gasteiger partial charge on any atom is -0.354 e. The van der Waals surface area contributed by atoms with Gasteiger partial charge in [0.05, 0.1) is 0 Å². The van der Waals surface area contributed by atoms with Crippen LogP contribution in [0.4, 0.5) is 5.82 Å². The molecular weight excluding hydrogens is 260 g/mol. The first kappa shape index (κ1) is 16.2. The summed E-state index contributed by atoms with van der Waals surface area (Å²) in [5.74, 6) is 1.14. The van der Waals surface area contributed by atoms with E-state index in [0.717, 1.165) is 50.8 Å². The Kier molecular flexibility index (Phi) is 6.46. The van der Waals surface area contributed by atoms with E-state index >= 15 is 0 Å². The maximum absolute atomic E-state index is 4.81. The van der Waals surface area contributed by atoms with Gasteiger partial charge >= 0.3 is 0 Å². The number of rotatable bonds is 7. The Morgan fingerprint density at radius 1 is 1.10 bits per heavy atom. The largest absolute Gasteiger partial charge is 0.354 e. The fraction of sp³-hybridized carbons (Fsp3) is 0.706. The predicted octanol–water partition coefficient (Wildman–Crippen LogP) is 2.42. The molecule has 1 aromatic heterocycles. The number of pyridine rings is 1. The molecule has 0 aromatic carbocycles. The summed E-state index contributed by atoms with van der Waals surface area (Å²) in [5.41, 5.74) is 2.48. The first-order valence-corrected chi connectivity index (χ1v) is 8.39. The lowest BCUT2D eigenvalue weighted by Crippen LogP contribution is -2.46. The van der Waals surface area contributed by atoms with Crippen molar-refractivity contribution in [2.45, 2.75) is 40.2 Å². The van der Waals surface area contributed by atoms with Crippen LogP contribution in [0.3, 0.4) is 0 Å². The van der Waals surface area contributed by atoms with Crippen LogP contribution in [0.2, 0.25) is 0 Å². The molecule has 0 unspecified atom stereocenters. The van der Waals surface area contributed by atoms with E-state index in [2.05, 4.69) is 48.0 Å². The smallest absolute Gasteiger partial charge is 0.128 e. The maximum Gasteiger partial charge on any atom is 0.128 e. The second-order valence-electron chi connectivity index (χ2n) is 5.92. The predicted molar refractivity (Wildman–Crippen MR) is 89.9 cm³/mol. The summed E-state index contributed by atoms with van der Waals surface area (Å²) < 4.78 is 0. The third-order valence-electron chi connectivity index (χ3n) is 4.16. The lowest BCUT2D eigenvalue weighted by molar-refractivity contribution is 0.258. The summed E-state index contributed by atoms with van der Waals surface area (Å²) >= 11 is 0. The second kappa shape index (κ2) is 8.35. The molecule has 2 heterocycles. The molecule has 1 fully saturated rings. The normalized spacial score (nSPS) is 16.4. The van der Waals surface area contributed by atoms with Gasteiger partial charge in [-0.05, 0) is 44.5 Å². The van der Waals surface area contributed by atoms with E-state index in [-0.39, 0.29) is 0 Å². The highest BCUT2D eigenvalue weighted by Gasteiger charge is 2.17. The van der Waals surface area contributed by atoms with Gasteiger partial charge in [0.25, 0.3) is 0 Å². The fourth-order valence-corrected chi connectivity index (χ4v) is 2.86. The van der Waals surface area contributed by atoms with Crippen molar-refractivity contribution in [1.29, 1.82) is 0 Å². The fourth-order valence-electron chi connectivity index (χ4n) is 2.86. The Morgan fingerprint density at radius 2 is 1.86 bits per heavy atom. The third-order valence-corrected chi connectivity index (χ3v) is 4.16. The van der Waals surface area contributed by atoms with Crippen molar-refractivity contribution >= 4 is 5.82 Å². The second-order valence-corrected chi connectivity index (χ2v) is 5.92. The van der Waals surface area contributed by atoms with E-state index in [1.807, 2.05) is 0 Å². The molecule has 1 aliphatic heterocycles. The molecule has 0 saturated carbocycles. The van der Waals surface area contributed by atoms with Gasteiger partial charge in [0.2, 0.25) is 0 Å². The number of piperazine rings is 1. The monoisotopic (exact) mass is 290 g/mol. The van der Waals surface area contributed by atoms with E-state index in [1.165, 1.54) is 24.9 Å². The summed E-state index contributed by atoms with van der Waals surface area (Å²) in [6, 6.07) is 4.42. The zero-order valence-electron chi connectivity index (χ0n) is 13.9. The summed E-state index contributed by atoms with van der Waals surface area (Å²) in [6.45, 7) is 14.3. The lowest BCUT2D eigenvalue weighted by atomic mass is 10.2. The van der Waals surface area contributed by atoms with Crippen molar-refractivity contribution in [3.8, 4) is 0 Å². The molecule has 4 heteroatoms. The lowest BCUT2D eigenvalue weighted by Gasteiger charge is -2.35. The van der Waals surface area contributed by atoms with Crippen LogP contribution in [-0.4, -0.2) is 49.2 Å². The third kappa shape index (κ3) is 4.68. The highest BCUT2D eigenvalue weighted by atomic mass is 15.3.